The molecule has 3 atom stereocenters. The van der Waals surface area contributed by atoms with Gasteiger partial charge in [0.15, 0.2) is 0 Å². The number of hydrogen-bond acceptors (Lipinski definition) is 3. The first-order valence-electron chi connectivity index (χ1n) is 9.72. The third-order valence-electron chi connectivity index (χ3n) is 4.90. The van der Waals surface area contributed by atoms with Gasteiger partial charge in [-0.2, -0.15) is 0 Å². The van der Waals surface area contributed by atoms with Crippen LogP contribution in [0.5, 0.6) is 0 Å². The maximum Gasteiger partial charge on any atom is 0.0966 e. The summed E-state index contributed by atoms with van der Waals surface area (Å²) in [7, 11) is 1.78. The van der Waals surface area contributed by atoms with E-state index in [9.17, 15) is 0 Å². The molecular weight excluding hydrogens is 338 g/mol. The minimum atomic E-state index is 0.291. The monoisotopic (exact) mass is 371 g/mol. The van der Waals surface area contributed by atoms with E-state index in [1.807, 2.05) is 17.4 Å². The van der Waals surface area contributed by atoms with Gasteiger partial charge in [0.1, 0.15) is 0 Å². The van der Waals surface area contributed by atoms with Gasteiger partial charge in [-0.1, -0.05) is 42.9 Å². The molecule has 2 rings (SSSR count). The number of allylic oxidation sites excluding steroid dienone is 5. The summed E-state index contributed by atoms with van der Waals surface area (Å²) in [5.41, 5.74) is 2.52. The number of thiazole rings is 1. The van der Waals surface area contributed by atoms with E-state index in [0.717, 1.165) is 49.6 Å². The van der Waals surface area contributed by atoms with E-state index in [0.29, 0.717) is 6.10 Å². The lowest BCUT2D eigenvalue weighted by Crippen LogP contribution is -2.08. The van der Waals surface area contributed by atoms with Gasteiger partial charge < -0.3 is 4.74 Å². The zero-order chi connectivity index (χ0) is 18.8. The number of nitrogens with zero attached hydrogens (tertiary/aromatic N) is 1. The third-order valence-corrected chi connectivity index (χ3v) is 5.89. The van der Waals surface area contributed by atoms with Crippen molar-refractivity contribution in [2.75, 3.05) is 7.11 Å². The average Bonchev–Trinajstić information content (AvgIpc) is 3.18. The predicted octanol–water partition coefficient (Wildman–Crippen LogP) is 6.93. The molecule has 0 saturated heterocycles. The van der Waals surface area contributed by atoms with E-state index < -0.39 is 0 Å². The standard InChI is InChI=1S/C23H33NOS/c1-5-11-21(25-4)15-14-18(2)12-9-7-6-8-10-13-20-17-26-23(24-20)22-16-19(22)3/h5,7,9-10,12-13,17,19,21-22H,1,6,8,11,14-16H2,2-4H3/b9-7+,13-10-,18-12+/t19-,21-,22+/m0/s1. The molecule has 1 aliphatic rings. The number of hydrogen-bond donors (Lipinski definition) is 0. The van der Waals surface area contributed by atoms with E-state index in [1.165, 1.54) is 17.0 Å². The van der Waals surface area contributed by atoms with Crippen LogP contribution in [0.3, 0.4) is 0 Å². The first kappa shape index (κ1) is 20.9. The summed E-state index contributed by atoms with van der Waals surface area (Å²) >= 11 is 1.81. The Morgan fingerprint density at radius 2 is 2.19 bits per heavy atom. The molecule has 0 aromatic carbocycles. The Kier molecular flexibility index (Phi) is 9.07. The molecule has 3 heteroatoms. The molecule has 0 spiro atoms. The Labute approximate surface area is 163 Å². The molecule has 1 saturated carbocycles. The lowest BCUT2D eigenvalue weighted by atomic mass is 10.1. The minimum Gasteiger partial charge on any atom is -0.381 e. The number of methoxy groups -OCH3 is 1. The van der Waals surface area contributed by atoms with Crippen molar-refractivity contribution in [1.29, 1.82) is 0 Å². The van der Waals surface area contributed by atoms with E-state index in [1.54, 1.807) is 7.11 Å². The van der Waals surface area contributed by atoms with Gasteiger partial charge >= 0.3 is 0 Å². The fourth-order valence-corrected chi connectivity index (χ4v) is 3.96. The summed E-state index contributed by atoms with van der Waals surface area (Å²) in [4.78, 5) is 4.72. The topological polar surface area (TPSA) is 22.1 Å². The molecule has 0 radical (unpaired) electrons. The summed E-state index contributed by atoms with van der Waals surface area (Å²) in [6.07, 6.45) is 19.7. The molecule has 0 unspecified atom stereocenters. The first-order chi connectivity index (χ1) is 12.6. The predicted molar refractivity (Wildman–Crippen MR) is 115 cm³/mol. The van der Waals surface area contributed by atoms with Crippen molar-refractivity contribution in [3.8, 4) is 0 Å². The van der Waals surface area contributed by atoms with Crippen molar-refractivity contribution < 1.29 is 4.74 Å². The highest BCUT2D eigenvalue weighted by atomic mass is 32.1. The van der Waals surface area contributed by atoms with E-state index >= 15 is 0 Å². The Bertz CT molecular complexity index is 640. The molecule has 0 aliphatic heterocycles. The van der Waals surface area contributed by atoms with Crippen LogP contribution in [0, 0.1) is 5.92 Å². The second-order valence-corrected chi connectivity index (χ2v) is 8.16. The van der Waals surface area contributed by atoms with Crippen LogP contribution in [0.2, 0.25) is 0 Å². The van der Waals surface area contributed by atoms with Crippen molar-refractivity contribution in [2.24, 2.45) is 5.92 Å². The minimum absolute atomic E-state index is 0.291. The fourth-order valence-electron chi connectivity index (χ4n) is 2.93. The summed E-state index contributed by atoms with van der Waals surface area (Å²) in [5, 5.41) is 3.50. The summed E-state index contributed by atoms with van der Waals surface area (Å²) in [6, 6.07) is 0. The normalized spacial score (nSPS) is 21.6. The molecule has 142 valence electrons. The van der Waals surface area contributed by atoms with Gasteiger partial charge in [-0.15, -0.1) is 17.9 Å². The molecule has 0 bridgehead atoms. The quantitative estimate of drug-likeness (QED) is 0.226. The highest BCUT2D eigenvalue weighted by molar-refractivity contribution is 7.09. The Hall–Kier alpha value is -1.45. The van der Waals surface area contributed by atoms with Gasteiger partial charge in [-0.05, 0) is 57.4 Å². The summed E-state index contributed by atoms with van der Waals surface area (Å²) < 4.78 is 5.44. The van der Waals surface area contributed by atoms with Gasteiger partial charge in [-0.25, -0.2) is 4.98 Å². The Morgan fingerprint density at radius 3 is 2.88 bits per heavy atom. The summed E-state index contributed by atoms with van der Waals surface area (Å²) in [5.74, 6) is 1.57. The van der Waals surface area contributed by atoms with Crippen molar-refractivity contribution in [1.82, 2.24) is 4.98 Å². The third kappa shape index (κ3) is 7.43. The molecule has 1 aliphatic carbocycles. The lowest BCUT2D eigenvalue weighted by molar-refractivity contribution is 0.0981. The van der Waals surface area contributed by atoms with Gasteiger partial charge in [0, 0.05) is 18.4 Å². The number of aromatic nitrogens is 1. The Balaban J connectivity index is 1.62. The largest absolute Gasteiger partial charge is 0.381 e. The van der Waals surface area contributed by atoms with Crippen LogP contribution >= 0.6 is 11.3 Å². The second-order valence-electron chi connectivity index (χ2n) is 7.27. The van der Waals surface area contributed by atoms with Crippen LogP contribution in [0.15, 0.2) is 47.9 Å². The van der Waals surface area contributed by atoms with Crippen LogP contribution in [-0.4, -0.2) is 18.2 Å². The van der Waals surface area contributed by atoms with Gasteiger partial charge in [0.25, 0.3) is 0 Å². The second kappa shape index (κ2) is 11.3. The number of rotatable bonds is 12. The smallest absolute Gasteiger partial charge is 0.0966 e. The highest BCUT2D eigenvalue weighted by Crippen LogP contribution is 2.47. The van der Waals surface area contributed by atoms with Crippen molar-refractivity contribution in [3.63, 3.8) is 0 Å². The molecule has 1 aromatic rings. The molecule has 2 nitrogen and oxygen atoms in total. The number of ether oxygens (including phenoxy) is 1. The van der Waals surface area contributed by atoms with Crippen LogP contribution in [0.25, 0.3) is 6.08 Å². The maximum atomic E-state index is 5.44. The SMILES string of the molecule is C=CC[C@@H](CC/C(C)=C/C=C/CC/C=C\c1csc([C@@H]2C[C@@H]2C)n1)OC. The molecule has 26 heavy (non-hydrogen) atoms. The average molecular weight is 372 g/mol. The Morgan fingerprint density at radius 1 is 1.42 bits per heavy atom. The number of unbranched alkanes of at least 4 members (excludes halogenated alkanes) is 1. The highest BCUT2D eigenvalue weighted by Gasteiger charge is 2.36. The van der Waals surface area contributed by atoms with E-state index in [2.05, 4.69) is 56.2 Å². The zero-order valence-electron chi connectivity index (χ0n) is 16.5. The fraction of sp³-hybridized carbons (Fsp3) is 0.522. The molecule has 1 aromatic heterocycles. The molecule has 1 heterocycles. The van der Waals surface area contributed by atoms with Gasteiger partial charge in [0.05, 0.1) is 16.8 Å². The molecule has 1 fully saturated rings. The zero-order valence-corrected chi connectivity index (χ0v) is 17.3. The van der Waals surface area contributed by atoms with Crippen LogP contribution < -0.4 is 0 Å². The van der Waals surface area contributed by atoms with Gasteiger partial charge in [0.2, 0.25) is 0 Å². The van der Waals surface area contributed by atoms with Crippen molar-refractivity contribution in [2.45, 2.75) is 64.4 Å². The summed E-state index contributed by atoms with van der Waals surface area (Å²) in [6.45, 7) is 8.27. The lowest BCUT2D eigenvalue weighted by Gasteiger charge is -2.12. The van der Waals surface area contributed by atoms with E-state index in [-0.39, 0.29) is 0 Å². The van der Waals surface area contributed by atoms with Crippen LogP contribution in [0.1, 0.15) is 69.0 Å². The van der Waals surface area contributed by atoms with Crippen molar-refractivity contribution in [3.05, 3.63) is 58.6 Å². The first-order valence-corrected chi connectivity index (χ1v) is 10.6. The molecule has 0 amide bonds. The molecular formula is C23H33NOS. The van der Waals surface area contributed by atoms with E-state index in [4.69, 9.17) is 9.72 Å². The molecule has 0 N–H and O–H groups in total. The van der Waals surface area contributed by atoms with Crippen LogP contribution in [-0.2, 0) is 4.74 Å². The van der Waals surface area contributed by atoms with Crippen LogP contribution in [0.4, 0.5) is 0 Å². The maximum absolute atomic E-state index is 5.44. The van der Waals surface area contributed by atoms with Crippen molar-refractivity contribution >= 4 is 17.4 Å². The van der Waals surface area contributed by atoms with Gasteiger partial charge in [-0.3, -0.25) is 0 Å².